The Morgan fingerprint density at radius 3 is 2.68 bits per heavy atom. The monoisotopic (exact) mass is 360 g/mol. The van der Waals surface area contributed by atoms with E-state index in [1.165, 1.54) is 26.4 Å². The second kappa shape index (κ2) is 7.70. The van der Waals surface area contributed by atoms with Gasteiger partial charge in [0.2, 0.25) is 5.95 Å². The number of nitrogens with one attached hydrogen (secondary N) is 1. The molecule has 1 saturated heterocycles. The number of halogens is 1. The van der Waals surface area contributed by atoms with E-state index in [1.807, 2.05) is 13.0 Å². The minimum absolute atomic E-state index is 0.415. The molecule has 1 aromatic heterocycles. The van der Waals surface area contributed by atoms with Crippen LogP contribution < -0.4 is 10.2 Å². The third-order valence-electron chi connectivity index (χ3n) is 4.15. The average Bonchev–Trinajstić information content (AvgIpc) is 2.63. The van der Waals surface area contributed by atoms with Crippen molar-refractivity contribution in [2.45, 2.75) is 26.2 Å². The molecule has 0 saturated carbocycles. The number of benzene rings is 1. The van der Waals surface area contributed by atoms with E-state index in [2.05, 4.69) is 20.2 Å². The summed E-state index contributed by atoms with van der Waals surface area (Å²) in [7, 11) is 1.35. The SMILES string of the molecule is COC(=O)c1ccc(Cl)c(Nc2nc(C)cc(N3CCCCC3)n2)c1. The predicted molar refractivity (Wildman–Crippen MR) is 98.9 cm³/mol. The fraction of sp³-hybridized carbons (Fsp3) is 0.389. The summed E-state index contributed by atoms with van der Waals surface area (Å²) in [5.41, 5.74) is 1.86. The van der Waals surface area contributed by atoms with Gasteiger partial charge in [0.25, 0.3) is 0 Å². The molecule has 1 aromatic carbocycles. The maximum atomic E-state index is 11.7. The van der Waals surface area contributed by atoms with E-state index in [4.69, 9.17) is 16.3 Å². The molecule has 0 spiro atoms. The number of hydrogen-bond acceptors (Lipinski definition) is 6. The molecule has 2 heterocycles. The summed E-state index contributed by atoms with van der Waals surface area (Å²) in [5.74, 6) is 0.957. The van der Waals surface area contributed by atoms with Crippen molar-refractivity contribution in [3.05, 3.63) is 40.5 Å². The van der Waals surface area contributed by atoms with Crippen molar-refractivity contribution in [2.24, 2.45) is 0 Å². The van der Waals surface area contributed by atoms with Crippen LogP contribution in [0.2, 0.25) is 5.02 Å². The molecule has 7 heteroatoms. The first-order valence-electron chi connectivity index (χ1n) is 8.32. The smallest absolute Gasteiger partial charge is 0.337 e. The first-order chi connectivity index (χ1) is 12.1. The van der Waals surface area contributed by atoms with Crippen LogP contribution in [-0.4, -0.2) is 36.1 Å². The number of anilines is 3. The van der Waals surface area contributed by atoms with Crippen LogP contribution in [-0.2, 0) is 4.74 Å². The minimum Gasteiger partial charge on any atom is -0.465 e. The topological polar surface area (TPSA) is 67.3 Å². The maximum Gasteiger partial charge on any atom is 0.337 e. The van der Waals surface area contributed by atoms with E-state index in [9.17, 15) is 4.79 Å². The van der Waals surface area contributed by atoms with E-state index >= 15 is 0 Å². The van der Waals surface area contributed by atoms with Gasteiger partial charge in [-0.1, -0.05) is 11.6 Å². The number of ether oxygens (including phenoxy) is 1. The summed E-state index contributed by atoms with van der Waals surface area (Å²) in [6.07, 6.45) is 3.62. The molecule has 2 aromatic rings. The lowest BCUT2D eigenvalue weighted by molar-refractivity contribution is 0.0601. The fourth-order valence-electron chi connectivity index (χ4n) is 2.88. The summed E-state index contributed by atoms with van der Waals surface area (Å²) in [4.78, 5) is 23.0. The molecule has 1 aliphatic rings. The number of esters is 1. The summed E-state index contributed by atoms with van der Waals surface area (Å²) < 4.78 is 4.75. The quantitative estimate of drug-likeness (QED) is 0.832. The van der Waals surface area contributed by atoms with Gasteiger partial charge >= 0.3 is 5.97 Å². The average molecular weight is 361 g/mol. The highest BCUT2D eigenvalue weighted by atomic mass is 35.5. The number of hydrogen-bond donors (Lipinski definition) is 1. The van der Waals surface area contributed by atoms with Crippen LogP contribution in [0.4, 0.5) is 17.5 Å². The Hall–Kier alpha value is -2.34. The molecular weight excluding hydrogens is 340 g/mol. The normalized spacial score (nSPS) is 14.3. The van der Waals surface area contributed by atoms with Gasteiger partial charge in [-0.3, -0.25) is 0 Å². The van der Waals surface area contributed by atoms with Crippen LogP contribution in [0, 0.1) is 6.92 Å². The van der Waals surface area contributed by atoms with Crippen molar-refractivity contribution in [3.63, 3.8) is 0 Å². The highest BCUT2D eigenvalue weighted by molar-refractivity contribution is 6.33. The van der Waals surface area contributed by atoms with Crippen LogP contribution >= 0.6 is 11.6 Å². The number of carbonyl (C=O) groups is 1. The van der Waals surface area contributed by atoms with E-state index in [0.29, 0.717) is 22.2 Å². The highest BCUT2D eigenvalue weighted by Crippen LogP contribution is 2.27. The summed E-state index contributed by atoms with van der Waals surface area (Å²) in [6.45, 7) is 3.95. The molecule has 1 fully saturated rings. The lowest BCUT2D eigenvalue weighted by atomic mass is 10.1. The van der Waals surface area contributed by atoms with Crippen LogP contribution in [0.25, 0.3) is 0 Å². The van der Waals surface area contributed by atoms with Crippen LogP contribution in [0.15, 0.2) is 24.3 Å². The number of aryl methyl sites for hydroxylation is 1. The Morgan fingerprint density at radius 1 is 1.20 bits per heavy atom. The molecule has 0 atom stereocenters. The Kier molecular flexibility index (Phi) is 5.38. The van der Waals surface area contributed by atoms with Crippen molar-refractivity contribution in [1.29, 1.82) is 0 Å². The van der Waals surface area contributed by atoms with E-state index in [-0.39, 0.29) is 0 Å². The number of carbonyl (C=O) groups excluding carboxylic acids is 1. The number of nitrogens with zero attached hydrogens (tertiary/aromatic N) is 3. The van der Waals surface area contributed by atoms with Gasteiger partial charge in [-0.15, -0.1) is 0 Å². The Balaban J connectivity index is 1.87. The van der Waals surface area contributed by atoms with E-state index in [0.717, 1.165) is 24.6 Å². The Bertz CT molecular complexity index is 776. The van der Waals surface area contributed by atoms with Crippen LogP contribution in [0.5, 0.6) is 0 Å². The first-order valence-corrected chi connectivity index (χ1v) is 8.70. The molecule has 0 amide bonds. The number of aromatic nitrogens is 2. The van der Waals surface area contributed by atoms with Crippen molar-refractivity contribution in [3.8, 4) is 0 Å². The second-order valence-corrected chi connectivity index (χ2v) is 6.46. The van der Waals surface area contributed by atoms with Crippen molar-refractivity contribution in [1.82, 2.24) is 9.97 Å². The summed E-state index contributed by atoms with van der Waals surface area (Å²) in [5, 5.41) is 3.61. The maximum absolute atomic E-state index is 11.7. The fourth-order valence-corrected chi connectivity index (χ4v) is 3.04. The van der Waals surface area contributed by atoms with Gasteiger partial charge in [-0.25, -0.2) is 9.78 Å². The van der Waals surface area contributed by atoms with Gasteiger partial charge in [0, 0.05) is 24.8 Å². The number of piperidine rings is 1. The summed E-state index contributed by atoms with van der Waals surface area (Å²) >= 11 is 6.24. The van der Waals surface area contributed by atoms with E-state index < -0.39 is 5.97 Å². The Labute approximate surface area is 152 Å². The molecule has 0 unspecified atom stereocenters. The van der Waals surface area contributed by atoms with Crippen molar-refractivity contribution in [2.75, 3.05) is 30.4 Å². The third-order valence-corrected chi connectivity index (χ3v) is 4.48. The molecule has 3 rings (SSSR count). The van der Waals surface area contributed by atoms with Gasteiger partial charge < -0.3 is 15.0 Å². The third kappa shape index (κ3) is 4.20. The molecule has 1 aliphatic heterocycles. The van der Waals surface area contributed by atoms with Gasteiger partial charge in [0.1, 0.15) is 5.82 Å². The molecule has 25 heavy (non-hydrogen) atoms. The largest absolute Gasteiger partial charge is 0.465 e. The highest BCUT2D eigenvalue weighted by Gasteiger charge is 2.15. The first kappa shape index (κ1) is 17.5. The Morgan fingerprint density at radius 2 is 1.96 bits per heavy atom. The standard InChI is InChI=1S/C18H21ClN4O2/c1-12-10-16(23-8-4-3-5-9-23)22-18(20-12)21-15-11-13(17(24)25-2)6-7-14(15)19/h6-7,10-11H,3-5,8-9H2,1-2H3,(H,20,21,22). The van der Waals surface area contributed by atoms with Gasteiger partial charge in [-0.2, -0.15) is 4.98 Å². The molecular formula is C18H21ClN4O2. The second-order valence-electron chi connectivity index (χ2n) is 6.05. The van der Waals surface area contributed by atoms with E-state index in [1.54, 1.807) is 18.2 Å². The number of rotatable bonds is 4. The lowest BCUT2D eigenvalue weighted by Crippen LogP contribution is -2.30. The van der Waals surface area contributed by atoms with Gasteiger partial charge in [0.15, 0.2) is 0 Å². The zero-order valence-corrected chi connectivity index (χ0v) is 15.1. The molecule has 132 valence electrons. The molecule has 0 aliphatic carbocycles. The van der Waals surface area contributed by atoms with Crippen LogP contribution in [0.1, 0.15) is 35.3 Å². The van der Waals surface area contributed by atoms with Crippen LogP contribution in [0.3, 0.4) is 0 Å². The zero-order valence-electron chi connectivity index (χ0n) is 14.4. The molecule has 6 nitrogen and oxygen atoms in total. The van der Waals surface area contributed by atoms with Gasteiger partial charge in [-0.05, 0) is 44.4 Å². The van der Waals surface area contributed by atoms with Crippen molar-refractivity contribution < 1.29 is 9.53 Å². The predicted octanol–water partition coefficient (Wildman–Crippen LogP) is 3.96. The molecule has 1 N–H and O–H groups in total. The molecule has 0 radical (unpaired) electrons. The van der Waals surface area contributed by atoms with Gasteiger partial charge in [0.05, 0.1) is 23.4 Å². The minimum atomic E-state index is -0.418. The lowest BCUT2D eigenvalue weighted by Gasteiger charge is -2.28. The number of methoxy groups -OCH3 is 1. The zero-order chi connectivity index (χ0) is 17.8. The molecule has 0 bridgehead atoms. The van der Waals surface area contributed by atoms with Crippen molar-refractivity contribution >= 4 is 35.0 Å². The summed E-state index contributed by atoms with van der Waals surface area (Å²) in [6, 6.07) is 6.90.